The molecule has 0 aliphatic carbocycles. The Morgan fingerprint density at radius 1 is 1.40 bits per heavy atom. The van der Waals surface area contributed by atoms with E-state index in [1.807, 2.05) is 54.6 Å². The largest absolute Gasteiger partial charge is 0.372 e. The first kappa shape index (κ1) is 16.5. The molecule has 1 saturated heterocycles. The van der Waals surface area contributed by atoms with Crippen LogP contribution in [0.1, 0.15) is 30.2 Å². The SMILES string of the molecule is Cn1cncc1[C@@H]1C[C@@H](NCc2cc(Cl)cc3cccnc23)CCO1. The number of aryl methyl sites for hydroxylation is 1. The quantitative estimate of drug-likeness (QED) is 0.775. The summed E-state index contributed by atoms with van der Waals surface area (Å²) >= 11 is 6.27. The van der Waals surface area contributed by atoms with Crippen LogP contribution in [0.15, 0.2) is 43.0 Å². The second-order valence-corrected chi connectivity index (χ2v) is 6.97. The second kappa shape index (κ2) is 7.12. The van der Waals surface area contributed by atoms with Crippen molar-refractivity contribution in [1.82, 2.24) is 19.9 Å². The van der Waals surface area contributed by atoms with E-state index in [4.69, 9.17) is 16.3 Å². The monoisotopic (exact) mass is 356 g/mol. The third-order valence-corrected chi connectivity index (χ3v) is 5.02. The third-order valence-electron chi connectivity index (χ3n) is 4.80. The van der Waals surface area contributed by atoms with Crippen LogP contribution in [0.4, 0.5) is 0 Å². The first-order valence-corrected chi connectivity index (χ1v) is 8.93. The van der Waals surface area contributed by atoms with E-state index in [1.54, 1.807) is 0 Å². The van der Waals surface area contributed by atoms with Crippen molar-refractivity contribution in [2.75, 3.05) is 6.61 Å². The summed E-state index contributed by atoms with van der Waals surface area (Å²) in [7, 11) is 2.01. The number of fused-ring (bicyclic) bond motifs is 1. The molecule has 1 aromatic carbocycles. The lowest BCUT2D eigenvalue weighted by atomic mass is 10.0. The molecule has 3 heterocycles. The van der Waals surface area contributed by atoms with Crippen molar-refractivity contribution in [3.63, 3.8) is 0 Å². The number of rotatable bonds is 4. The first-order chi connectivity index (χ1) is 12.2. The highest BCUT2D eigenvalue weighted by Crippen LogP contribution is 2.28. The average molecular weight is 357 g/mol. The van der Waals surface area contributed by atoms with Crippen LogP contribution in [-0.4, -0.2) is 27.2 Å². The summed E-state index contributed by atoms with van der Waals surface area (Å²) in [6.45, 7) is 1.50. The van der Waals surface area contributed by atoms with Crippen molar-refractivity contribution in [2.45, 2.75) is 31.5 Å². The molecule has 4 rings (SSSR count). The highest BCUT2D eigenvalue weighted by molar-refractivity contribution is 6.31. The van der Waals surface area contributed by atoms with Crippen molar-refractivity contribution in [1.29, 1.82) is 0 Å². The van der Waals surface area contributed by atoms with Gasteiger partial charge in [0.25, 0.3) is 0 Å². The van der Waals surface area contributed by atoms with Gasteiger partial charge in [-0.2, -0.15) is 0 Å². The smallest absolute Gasteiger partial charge is 0.100 e. The fourth-order valence-electron chi connectivity index (χ4n) is 3.48. The Hall–Kier alpha value is -1.95. The Morgan fingerprint density at radius 3 is 3.16 bits per heavy atom. The fourth-order valence-corrected chi connectivity index (χ4v) is 3.73. The zero-order valence-corrected chi connectivity index (χ0v) is 14.9. The fraction of sp³-hybridized carbons (Fsp3) is 0.368. The van der Waals surface area contributed by atoms with E-state index in [-0.39, 0.29) is 6.10 Å². The van der Waals surface area contributed by atoms with Gasteiger partial charge in [-0.1, -0.05) is 17.7 Å². The zero-order valence-electron chi connectivity index (χ0n) is 14.2. The van der Waals surface area contributed by atoms with Crippen LogP contribution >= 0.6 is 11.6 Å². The molecule has 6 heteroatoms. The lowest BCUT2D eigenvalue weighted by molar-refractivity contribution is -0.00402. The molecular weight excluding hydrogens is 336 g/mol. The van der Waals surface area contributed by atoms with E-state index in [2.05, 4.69) is 15.3 Å². The summed E-state index contributed by atoms with van der Waals surface area (Å²) in [5, 5.41) is 5.48. The van der Waals surface area contributed by atoms with Gasteiger partial charge in [-0.15, -0.1) is 0 Å². The van der Waals surface area contributed by atoms with Gasteiger partial charge in [0.15, 0.2) is 0 Å². The third kappa shape index (κ3) is 3.54. The second-order valence-electron chi connectivity index (χ2n) is 6.53. The van der Waals surface area contributed by atoms with E-state index in [0.717, 1.165) is 53.2 Å². The average Bonchev–Trinajstić information content (AvgIpc) is 3.06. The molecule has 1 aliphatic heterocycles. The Labute approximate surface area is 152 Å². The van der Waals surface area contributed by atoms with Gasteiger partial charge in [-0.3, -0.25) is 4.98 Å². The Kier molecular flexibility index (Phi) is 4.70. The minimum atomic E-state index is 0.0907. The van der Waals surface area contributed by atoms with E-state index in [1.165, 1.54) is 0 Å². The van der Waals surface area contributed by atoms with Crippen LogP contribution in [0.5, 0.6) is 0 Å². The van der Waals surface area contributed by atoms with Crippen LogP contribution in [0, 0.1) is 0 Å². The summed E-state index contributed by atoms with van der Waals surface area (Å²) in [6.07, 6.45) is 7.56. The van der Waals surface area contributed by atoms with Crippen molar-refractivity contribution in [3.05, 3.63) is 59.3 Å². The predicted molar refractivity (Wildman–Crippen MR) is 98.5 cm³/mol. The number of hydrogen-bond acceptors (Lipinski definition) is 4. The topological polar surface area (TPSA) is 52.0 Å². The van der Waals surface area contributed by atoms with Gasteiger partial charge < -0.3 is 14.6 Å². The number of nitrogens with zero attached hydrogens (tertiary/aromatic N) is 3. The summed E-state index contributed by atoms with van der Waals surface area (Å²) in [5.74, 6) is 0. The van der Waals surface area contributed by atoms with Crippen LogP contribution in [0.3, 0.4) is 0 Å². The van der Waals surface area contributed by atoms with Crippen molar-refractivity contribution in [2.24, 2.45) is 7.05 Å². The molecule has 0 saturated carbocycles. The summed E-state index contributed by atoms with van der Waals surface area (Å²) < 4.78 is 7.97. The Bertz CT molecular complexity index is 879. The molecule has 0 amide bonds. The number of nitrogens with one attached hydrogen (secondary N) is 1. The minimum absolute atomic E-state index is 0.0907. The van der Waals surface area contributed by atoms with Crippen LogP contribution in [0.25, 0.3) is 10.9 Å². The molecule has 0 bridgehead atoms. The molecule has 0 unspecified atom stereocenters. The predicted octanol–water partition coefficient (Wildman–Crippen LogP) is 3.63. The number of benzene rings is 1. The number of hydrogen-bond donors (Lipinski definition) is 1. The van der Waals surface area contributed by atoms with Crippen LogP contribution in [-0.2, 0) is 18.3 Å². The molecule has 1 aliphatic rings. The highest BCUT2D eigenvalue weighted by atomic mass is 35.5. The number of imidazole rings is 1. The Balaban J connectivity index is 1.47. The minimum Gasteiger partial charge on any atom is -0.372 e. The van der Waals surface area contributed by atoms with Gasteiger partial charge in [0.2, 0.25) is 0 Å². The highest BCUT2D eigenvalue weighted by Gasteiger charge is 2.25. The van der Waals surface area contributed by atoms with Gasteiger partial charge >= 0.3 is 0 Å². The summed E-state index contributed by atoms with van der Waals surface area (Å²) in [4.78, 5) is 8.72. The van der Waals surface area contributed by atoms with E-state index in [0.29, 0.717) is 6.04 Å². The lowest BCUT2D eigenvalue weighted by Crippen LogP contribution is -2.36. The van der Waals surface area contributed by atoms with Gasteiger partial charge in [-0.05, 0) is 36.6 Å². The maximum Gasteiger partial charge on any atom is 0.100 e. The normalized spacial score (nSPS) is 20.9. The number of halogens is 1. The van der Waals surface area contributed by atoms with Gasteiger partial charge in [0.05, 0.1) is 23.7 Å². The molecule has 0 spiro atoms. The molecule has 1 fully saturated rings. The van der Waals surface area contributed by atoms with Crippen molar-refractivity contribution in [3.8, 4) is 0 Å². The van der Waals surface area contributed by atoms with Crippen LogP contribution < -0.4 is 5.32 Å². The lowest BCUT2D eigenvalue weighted by Gasteiger charge is -2.30. The van der Waals surface area contributed by atoms with E-state index >= 15 is 0 Å². The Morgan fingerprint density at radius 2 is 2.32 bits per heavy atom. The number of pyridine rings is 1. The number of ether oxygens (including phenoxy) is 1. The molecule has 0 radical (unpaired) electrons. The summed E-state index contributed by atoms with van der Waals surface area (Å²) in [6, 6.07) is 8.34. The zero-order chi connectivity index (χ0) is 17.2. The molecule has 3 aromatic rings. The van der Waals surface area contributed by atoms with E-state index in [9.17, 15) is 0 Å². The van der Waals surface area contributed by atoms with Crippen molar-refractivity contribution >= 4 is 22.5 Å². The van der Waals surface area contributed by atoms with E-state index < -0.39 is 0 Å². The van der Waals surface area contributed by atoms with Gasteiger partial charge in [0.1, 0.15) is 6.10 Å². The maximum absolute atomic E-state index is 6.27. The molecule has 130 valence electrons. The van der Waals surface area contributed by atoms with Gasteiger partial charge in [0, 0.05) is 42.8 Å². The molecule has 2 aromatic heterocycles. The summed E-state index contributed by atoms with van der Waals surface area (Å²) in [5.41, 5.74) is 3.27. The molecule has 1 N–H and O–H groups in total. The molecule has 25 heavy (non-hydrogen) atoms. The molecule has 5 nitrogen and oxygen atoms in total. The number of aromatic nitrogens is 3. The maximum atomic E-state index is 6.27. The van der Waals surface area contributed by atoms with Crippen LogP contribution in [0.2, 0.25) is 5.02 Å². The standard InChI is InChI=1S/C19H21ClN4O/c1-24-12-21-11-17(24)18-9-16(4-6-25-18)23-10-14-8-15(20)7-13-3-2-5-22-19(13)14/h2-3,5,7-8,11-12,16,18,23H,4,6,9-10H2,1H3/t16-,18-/m0/s1. The van der Waals surface area contributed by atoms with Gasteiger partial charge in [-0.25, -0.2) is 4.98 Å². The molecular formula is C19H21ClN4O. The molecule has 2 atom stereocenters. The first-order valence-electron chi connectivity index (χ1n) is 8.55. The van der Waals surface area contributed by atoms with Crippen molar-refractivity contribution < 1.29 is 4.74 Å².